The normalized spacial score (nSPS) is 14.5. The molecule has 1 atom stereocenters. The van der Waals surface area contributed by atoms with Gasteiger partial charge in [0.2, 0.25) is 0 Å². The maximum atomic E-state index is 12.4. The summed E-state index contributed by atoms with van der Waals surface area (Å²) < 4.78 is 5.54. The number of methoxy groups -OCH3 is 1. The lowest BCUT2D eigenvalue weighted by atomic mass is 9.99. The fraction of sp³-hybridized carbons (Fsp3) is 0.348. The predicted octanol–water partition coefficient (Wildman–Crippen LogP) is 4.22. The zero-order chi connectivity index (χ0) is 20.5. The predicted molar refractivity (Wildman–Crippen MR) is 115 cm³/mol. The third-order valence-corrected chi connectivity index (χ3v) is 5.52. The first-order chi connectivity index (χ1) is 14.0. The molecule has 0 spiro atoms. The number of nitrogens with zero attached hydrogens (tertiary/aromatic N) is 3. The van der Waals surface area contributed by atoms with E-state index < -0.39 is 0 Å². The second-order valence-corrected chi connectivity index (χ2v) is 7.88. The van der Waals surface area contributed by atoms with Crippen LogP contribution in [0.4, 0.5) is 5.69 Å². The lowest BCUT2D eigenvalue weighted by Gasteiger charge is -2.16. The molecule has 0 saturated heterocycles. The molecule has 4 rings (SSSR count). The minimum absolute atomic E-state index is 0.0463. The first-order valence-corrected chi connectivity index (χ1v) is 9.90. The number of anilines is 1. The fourth-order valence-corrected chi connectivity index (χ4v) is 3.63. The Morgan fingerprint density at radius 1 is 1.21 bits per heavy atom. The van der Waals surface area contributed by atoms with Crippen molar-refractivity contribution in [2.24, 2.45) is 5.92 Å². The summed E-state index contributed by atoms with van der Waals surface area (Å²) >= 11 is 0. The Morgan fingerprint density at radius 3 is 2.69 bits per heavy atom. The molecule has 1 amide bonds. The van der Waals surface area contributed by atoms with E-state index in [1.807, 2.05) is 24.3 Å². The van der Waals surface area contributed by atoms with Gasteiger partial charge < -0.3 is 15.0 Å². The van der Waals surface area contributed by atoms with Gasteiger partial charge in [-0.15, -0.1) is 0 Å². The maximum Gasteiger partial charge on any atom is 0.253 e. The monoisotopic (exact) mass is 390 g/mol. The maximum absolute atomic E-state index is 12.4. The van der Waals surface area contributed by atoms with Crippen molar-refractivity contribution in [3.63, 3.8) is 0 Å². The van der Waals surface area contributed by atoms with E-state index in [4.69, 9.17) is 4.74 Å². The largest absolute Gasteiger partial charge is 0.496 e. The molecule has 2 aromatic carbocycles. The van der Waals surface area contributed by atoms with Crippen LogP contribution in [0.1, 0.15) is 30.1 Å². The number of ether oxygens (including phenoxy) is 1. The van der Waals surface area contributed by atoms with Crippen LogP contribution in [0, 0.1) is 5.92 Å². The van der Waals surface area contributed by atoms with Gasteiger partial charge in [-0.2, -0.15) is 10.2 Å². The minimum Gasteiger partial charge on any atom is -0.496 e. The molecule has 0 radical (unpaired) electrons. The van der Waals surface area contributed by atoms with E-state index in [0.717, 1.165) is 33.6 Å². The Morgan fingerprint density at radius 2 is 2.00 bits per heavy atom. The first kappa shape index (κ1) is 19.2. The number of amides is 1. The summed E-state index contributed by atoms with van der Waals surface area (Å²) in [5, 5.41) is 13.1. The molecular weight excluding hydrogens is 364 g/mol. The van der Waals surface area contributed by atoms with E-state index in [-0.39, 0.29) is 5.91 Å². The molecule has 1 aromatic heterocycles. The molecule has 6 nitrogen and oxygen atoms in total. The highest BCUT2D eigenvalue weighted by atomic mass is 16.5. The number of hydrogen-bond donors (Lipinski definition) is 1. The molecule has 1 aliphatic carbocycles. The molecule has 1 aliphatic rings. The van der Waals surface area contributed by atoms with E-state index in [1.165, 1.54) is 12.8 Å². The number of hydrogen-bond acceptors (Lipinski definition) is 5. The molecule has 1 fully saturated rings. The van der Waals surface area contributed by atoms with Crippen molar-refractivity contribution >= 4 is 22.5 Å². The van der Waals surface area contributed by atoms with Gasteiger partial charge in [-0.1, -0.05) is 6.07 Å². The summed E-state index contributed by atoms with van der Waals surface area (Å²) in [7, 11) is 5.12. The van der Waals surface area contributed by atoms with Crippen molar-refractivity contribution in [2.45, 2.75) is 25.8 Å². The van der Waals surface area contributed by atoms with E-state index in [2.05, 4.69) is 28.5 Å². The first-order valence-electron chi connectivity index (χ1n) is 9.90. The van der Waals surface area contributed by atoms with Crippen LogP contribution in [-0.2, 0) is 0 Å². The molecule has 0 aliphatic heterocycles. The molecule has 29 heavy (non-hydrogen) atoms. The second kappa shape index (κ2) is 7.70. The number of carbonyl (C=O) groups excluding carboxylic acids is 1. The van der Waals surface area contributed by atoms with Crippen LogP contribution in [0.15, 0.2) is 42.6 Å². The van der Waals surface area contributed by atoms with Crippen molar-refractivity contribution in [3.05, 3.63) is 48.2 Å². The highest BCUT2D eigenvalue weighted by Crippen LogP contribution is 2.36. The zero-order valence-corrected chi connectivity index (χ0v) is 17.3. The van der Waals surface area contributed by atoms with Crippen molar-refractivity contribution < 1.29 is 9.53 Å². The van der Waals surface area contributed by atoms with Crippen LogP contribution in [0.25, 0.3) is 22.0 Å². The quantitative estimate of drug-likeness (QED) is 0.683. The SMILES string of the molecule is COc1ccc(C(=O)N(C)C)cc1-c1ccc2c(N[C@H](C)C3CC3)cnnc2c1. The van der Waals surface area contributed by atoms with E-state index >= 15 is 0 Å². The van der Waals surface area contributed by atoms with Crippen molar-refractivity contribution in [2.75, 3.05) is 26.5 Å². The Bertz CT molecular complexity index is 1060. The van der Waals surface area contributed by atoms with Gasteiger partial charge >= 0.3 is 0 Å². The summed E-state index contributed by atoms with van der Waals surface area (Å²) in [5.41, 5.74) is 4.22. The molecule has 1 saturated carbocycles. The number of benzene rings is 2. The van der Waals surface area contributed by atoms with Gasteiger partial charge in [0.05, 0.1) is 24.5 Å². The van der Waals surface area contributed by atoms with E-state index in [9.17, 15) is 4.79 Å². The van der Waals surface area contributed by atoms with Crippen LogP contribution >= 0.6 is 0 Å². The van der Waals surface area contributed by atoms with Crippen LogP contribution in [-0.4, -0.2) is 48.3 Å². The van der Waals surface area contributed by atoms with Gasteiger partial charge in [0.25, 0.3) is 5.91 Å². The molecule has 0 unspecified atom stereocenters. The van der Waals surface area contributed by atoms with Gasteiger partial charge in [-0.05, 0) is 61.6 Å². The van der Waals surface area contributed by atoms with Crippen molar-refractivity contribution in [1.82, 2.24) is 15.1 Å². The molecule has 0 bridgehead atoms. The summed E-state index contributed by atoms with van der Waals surface area (Å²) in [5.74, 6) is 1.41. The summed E-state index contributed by atoms with van der Waals surface area (Å²) in [6, 6.07) is 12.0. The van der Waals surface area contributed by atoms with Crippen molar-refractivity contribution in [1.29, 1.82) is 0 Å². The molecular formula is C23H26N4O2. The molecule has 1 heterocycles. The average molecular weight is 390 g/mol. The third-order valence-electron chi connectivity index (χ3n) is 5.52. The lowest BCUT2D eigenvalue weighted by molar-refractivity contribution is 0.0827. The number of nitrogens with one attached hydrogen (secondary N) is 1. The van der Waals surface area contributed by atoms with Crippen LogP contribution < -0.4 is 10.1 Å². The summed E-state index contributed by atoms with van der Waals surface area (Å²) in [6.07, 6.45) is 4.37. The zero-order valence-electron chi connectivity index (χ0n) is 17.3. The Hall–Kier alpha value is -3.15. The Labute approximate surface area is 170 Å². The van der Waals surface area contributed by atoms with Gasteiger partial charge in [-0.3, -0.25) is 4.79 Å². The smallest absolute Gasteiger partial charge is 0.253 e. The van der Waals surface area contributed by atoms with Gasteiger partial charge in [0.1, 0.15) is 5.75 Å². The highest BCUT2D eigenvalue weighted by Gasteiger charge is 2.28. The summed E-state index contributed by atoms with van der Waals surface area (Å²) in [6.45, 7) is 2.22. The summed E-state index contributed by atoms with van der Waals surface area (Å²) in [4.78, 5) is 14.0. The third kappa shape index (κ3) is 3.88. The number of aromatic nitrogens is 2. The fourth-order valence-electron chi connectivity index (χ4n) is 3.63. The van der Waals surface area contributed by atoms with Gasteiger partial charge in [0.15, 0.2) is 0 Å². The average Bonchev–Trinajstić information content (AvgIpc) is 3.58. The molecule has 6 heteroatoms. The van der Waals surface area contributed by atoms with E-state index in [1.54, 1.807) is 38.4 Å². The van der Waals surface area contributed by atoms with Gasteiger partial charge in [0, 0.05) is 36.7 Å². The van der Waals surface area contributed by atoms with Crippen molar-refractivity contribution in [3.8, 4) is 16.9 Å². The molecule has 1 N–H and O–H groups in total. The lowest BCUT2D eigenvalue weighted by Crippen LogP contribution is -2.21. The second-order valence-electron chi connectivity index (χ2n) is 7.88. The Balaban J connectivity index is 1.74. The molecule has 3 aromatic rings. The van der Waals surface area contributed by atoms with Crippen LogP contribution in [0.5, 0.6) is 5.75 Å². The number of fused-ring (bicyclic) bond motifs is 1. The minimum atomic E-state index is -0.0463. The van der Waals surface area contributed by atoms with Gasteiger partial charge in [-0.25, -0.2) is 0 Å². The Kier molecular flexibility index (Phi) is 5.09. The van der Waals surface area contributed by atoms with E-state index in [0.29, 0.717) is 17.4 Å². The highest BCUT2D eigenvalue weighted by molar-refractivity contribution is 5.97. The number of rotatable bonds is 6. The van der Waals surface area contributed by atoms with Crippen LogP contribution in [0.2, 0.25) is 0 Å². The number of carbonyl (C=O) groups is 1. The molecule has 150 valence electrons. The van der Waals surface area contributed by atoms with Crippen LogP contribution in [0.3, 0.4) is 0 Å². The standard InChI is InChI=1S/C23H26N4O2/c1-14(15-5-6-15)25-21-13-24-26-20-12-16(7-9-18(20)21)19-11-17(23(28)27(2)3)8-10-22(19)29-4/h7-15H,5-6H2,1-4H3,(H,25,26)/t14-/m1/s1. The topological polar surface area (TPSA) is 67.3 Å².